The molecule has 1 aromatic carbocycles. The first-order chi connectivity index (χ1) is 12.2. The van der Waals surface area contributed by atoms with E-state index in [4.69, 9.17) is 9.47 Å². The third kappa shape index (κ3) is 4.75. The Labute approximate surface area is 174 Å². The van der Waals surface area contributed by atoms with Crippen molar-refractivity contribution in [3.05, 3.63) is 23.8 Å². The van der Waals surface area contributed by atoms with Gasteiger partial charge < -0.3 is 19.7 Å². The van der Waals surface area contributed by atoms with Crippen LogP contribution in [0.25, 0.3) is 0 Å². The molecule has 1 saturated heterocycles. The largest absolute Gasteiger partial charge is 0.493 e. The number of aliphatic imine (C=N–C) groups is 1. The van der Waals surface area contributed by atoms with Crippen molar-refractivity contribution in [1.29, 1.82) is 0 Å². The first-order valence-electron chi connectivity index (χ1n) is 9.36. The van der Waals surface area contributed by atoms with E-state index in [2.05, 4.69) is 21.3 Å². The summed E-state index contributed by atoms with van der Waals surface area (Å²) < 4.78 is 10.7. The summed E-state index contributed by atoms with van der Waals surface area (Å²) in [5.41, 5.74) is 1.80. The second-order valence-corrected chi connectivity index (χ2v) is 7.29. The van der Waals surface area contributed by atoms with Crippen LogP contribution in [-0.4, -0.2) is 51.8 Å². The van der Waals surface area contributed by atoms with E-state index < -0.39 is 0 Å². The van der Waals surface area contributed by atoms with Crippen LogP contribution in [0.5, 0.6) is 11.5 Å². The van der Waals surface area contributed by atoms with Gasteiger partial charge in [0.2, 0.25) is 0 Å². The fourth-order valence-corrected chi connectivity index (χ4v) is 4.34. The highest BCUT2D eigenvalue weighted by Gasteiger charge is 2.40. The minimum Gasteiger partial charge on any atom is -0.493 e. The SMILES string of the molecule is CN=C(NCCc1ccc(OC)c(OC)c1)N1CCC2(CCCC2)C1.I. The summed E-state index contributed by atoms with van der Waals surface area (Å²) in [6, 6.07) is 6.11. The van der Waals surface area contributed by atoms with Crippen molar-refractivity contribution in [2.75, 3.05) is 40.9 Å². The Kier molecular flexibility index (Phi) is 7.85. The van der Waals surface area contributed by atoms with Crippen molar-refractivity contribution in [2.45, 2.75) is 38.5 Å². The van der Waals surface area contributed by atoms with Crippen LogP contribution in [0.1, 0.15) is 37.7 Å². The molecule has 1 aromatic rings. The molecule has 2 aliphatic rings. The van der Waals surface area contributed by atoms with E-state index >= 15 is 0 Å². The number of rotatable bonds is 5. The zero-order valence-corrected chi connectivity index (χ0v) is 18.5. The van der Waals surface area contributed by atoms with Gasteiger partial charge in [-0.1, -0.05) is 18.9 Å². The molecule has 1 saturated carbocycles. The minimum atomic E-state index is 0. The molecular formula is C20H32IN3O2. The number of methoxy groups -OCH3 is 2. The molecule has 26 heavy (non-hydrogen) atoms. The highest BCUT2D eigenvalue weighted by Crippen LogP contribution is 2.45. The quantitative estimate of drug-likeness (QED) is 0.403. The van der Waals surface area contributed by atoms with E-state index in [-0.39, 0.29) is 24.0 Å². The number of benzene rings is 1. The van der Waals surface area contributed by atoms with Gasteiger partial charge in [0.1, 0.15) is 0 Å². The lowest BCUT2D eigenvalue weighted by atomic mass is 9.86. The van der Waals surface area contributed by atoms with Crippen molar-refractivity contribution in [1.82, 2.24) is 10.2 Å². The molecule has 0 aromatic heterocycles. The number of ether oxygens (including phenoxy) is 2. The maximum Gasteiger partial charge on any atom is 0.193 e. The van der Waals surface area contributed by atoms with Crippen molar-refractivity contribution in [3.63, 3.8) is 0 Å². The van der Waals surface area contributed by atoms with Crippen LogP contribution < -0.4 is 14.8 Å². The Hall–Kier alpha value is -1.18. The summed E-state index contributed by atoms with van der Waals surface area (Å²) in [7, 11) is 5.22. The van der Waals surface area contributed by atoms with Crippen LogP contribution in [0.15, 0.2) is 23.2 Å². The monoisotopic (exact) mass is 473 g/mol. The van der Waals surface area contributed by atoms with Gasteiger partial charge in [-0.2, -0.15) is 0 Å². The summed E-state index contributed by atoms with van der Waals surface area (Å²) >= 11 is 0. The number of hydrogen-bond acceptors (Lipinski definition) is 3. The molecule has 3 rings (SSSR count). The van der Waals surface area contributed by atoms with Gasteiger partial charge in [-0.3, -0.25) is 4.99 Å². The van der Waals surface area contributed by atoms with Crippen molar-refractivity contribution in [2.24, 2.45) is 10.4 Å². The summed E-state index contributed by atoms with van der Waals surface area (Å²) in [5.74, 6) is 2.60. The van der Waals surface area contributed by atoms with E-state index in [0.29, 0.717) is 5.41 Å². The maximum absolute atomic E-state index is 5.38. The van der Waals surface area contributed by atoms with Gasteiger partial charge >= 0.3 is 0 Å². The lowest BCUT2D eigenvalue weighted by Gasteiger charge is -2.26. The van der Waals surface area contributed by atoms with Crippen LogP contribution in [0.3, 0.4) is 0 Å². The third-order valence-corrected chi connectivity index (χ3v) is 5.76. The Morgan fingerprint density at radius 2 is 1.88 bits per heavy atom. The Bertz CT molecular complexity index is 615. The fourth-order valence-electron chi connectivity index (χ4n) is 4.34. The Morgan fingerprint density at radius 3 is 2.54 bits per heavy atom. The topological polar surface area (TPSA) is 46.1 Å². The van der Waals surface area contributed by atoms with E-state index in [1.54, 1.807) is 14.2 Å². The van der Waals surface area contributed by atoms with Crippen molar-refractivity contribution >= 4 is 29.9 Å². The first kappa shape index (κ1) is 21.1. The lowest BCUT2D eigenvalue weighted by Crippen LogP contribution is -2.41. The number of likely N-dealkylation sites (tertiary alicyclic amines) is 1. The average Bonchev–Trinajstić information content (AvgIpc) is 3.28. The Morgan fingerprint density at radius 1 is 1.15 bits per heavy atom. The summed E-state index contributed by atoms with van der Waals surface area (Å²) in [4.78, 5) is 6.95. The molecule has 1 aliphatic carbocycles. The maximum atomic E-state index is 5.38. The molecule has 0 bridgehead atoms. The number of guanidine groups is 1. The van der Waals surface area contributed by atoms with Crippen LogP contribution in [0, 0.1) is 5.41 Å². The molecule has 2 fully saturated rings. The number of halogens is 1. The van der Waals surface area contributed by atoms with E-state index in [1.165, 1.54) is 44.2 Å². The van der Waals surface area contributed by atoms with Gasteiger partial charge in [-0.05, 0) is 48.8 Å². The van der Waals surface area contributed by atoms with Crippen LogP contribution in [0.2, 0.25) is 0 Å². The standard InChI is InChI=1S/C20H31N3O2.HI/c1-21-19(23-13-11-20(15-23)9-4-5-10-20)22-12-8-16-6-7-17(24-2)18(14-16)25-3;/h6-7,14H,4-5,8-13,15H2,1-3H3,(H,21,22);1H. The van der Waals surface area contributed by atoms with E-state index in [0.717, 1.165) is 37.0 Å². The van der Waals surface area contributed by atoms with Crippen LogP contribution in [-0.2, 0) is 6.42 Å². The van der Waals surface area contributed by atoms with Gasteiger partial charge in [0.05, 0.1) is 14.2 Å². The van der Waals surface area contributed by atoms with Gasteiger partial charge in [0.15, 0.2) is 17.5 Å². The van der Waals surface area contributed by atoms with Crippen molar-refractivity contribution < 1.29 is 9.47 Å². The number of nitrogens with zero attached hydrogens (tertiary/aromatic N) is 2. The second kappa shape index (κ2) is 9.67. The Balaban J connectivity index is 0.00000243. The minimum absolute atomic E-state index is 0. The third-order valence-electron chi connectivity index (χ3n) is 5.76. The second-order valence-electron chi connectivity index (χ2n) is 7.29. The van der Waals surface area contributed by atoms with Crippen LogP contribution in [0.4, 0.5) is 0 Å². The molecular weight excluding hydrogens is 441 g/mol. The fraction of sp³-hybridized carbons (Fsp3) is 0.650. The van der Waals surface area contributed by atoms with Crippen LogP contribution >= 0.6 is 24.0 Å². The summed E-state index contributed by atoms with van der Waals surface area (Å²) in [6.45, 7) is 3.17. The van der Waals surface area contributed by atoms with E-state index in [1.807, 2.05) is 19.2 Å². The van der Waals surface area contributed by atoms with Gasteiger partial charge in [0.25, 0.3) is 0 Å². The molecule has 146 valence electrons. The zero-order chi connectivity index (χ0) is 17.7. The number of nitrogens with one attached hydrogen (secondary N) is 1. The molecule has 0 atom stereocenters. The molecule has 1 N–H and O–H groups in total. The van der Waals surface area contributed by atoms with Gasteiger partial charge in [0, 0.05) is 26.7 Å². The summed E-state index contributed by atoms with van der Waals surface area (Å²) in [6.07, 6.45) is 7.85. The molecule has 0 unspecified atom stereocenters. The first-order valence-corrected chi connectivity index (χ1v) is 9.36. The molecule has 1 aliphatic heterocycles. The average molecular weight is 473 g/mol. The molecule has 0 amide bonds. The molecule has 6 heteroatoms. The predicted octanol–water partition coefficient (Wildman–Crippen LogP) is 3.71. The molecule has 1 spiro atoms. The lowest BCUT2D eigenvalue weighted by molar-refractivity contribution is 0.309. The molecule has 1 heterocycles. The van der Waals surface area contributed by atoms with E-state index in [9.17, 15) is 0 Å². The summed E-state index contributed by atoms with van der Waals surface area (Å²) in [5, 5.41) is 3.54. The zero-order valence-electron chi connectivity index (χ0n) is 16.2. The highest BCUT2D eigenvalue weighted by atomic mass is 127. The molecule has 0 radical (unpaired) electrons. The predicted molar refractivity (Wildman–Crippen MR) is 117 cm³/mol. The highest BCUT2D eigenvalue weighted by molar-refractivity contribution is 14.0. The van der Waals surface area contributed by atoms with Crippen molar-refractivity contribution in [3.8, 4) is 11.5 Å². The van der Waals surface area contributed by atoms with Gasteiger partial charge in [-0.25, -0.2) is 0 Å². The van der Waals surface area contributed by atoms with Gasteiger partial charge in [-0.15, -0.1) is 24.0 Å². The number of hydrogen-bond donors (Lipinski definition) is 1. The molecule has 5 nitrogen and oxygen atoms in total. The smallest absolute Gasteiger partial charge is 0.193 e. The normalized spacial score (nSPS) is 18.7.